The van der Waals surface area contributed by atoms with Gasteiger partial charge in [-0.15, -0.1) is 0 Å². The van der Waals surface area contributed by atoms with Crippen LogP contribution in [0.15, 0.2) is 23.3 Å². The molecule has 0 spiro atoms. The third-order valence-electron chi connectivity index (χ3n) is 2.21. The molecule has 1 heterocycles. The molecule has 0 aliphatic carbocycles. The Morgan fingerprint density at radius 3 is 3.18 bits per heavy atom. The largest absolute Gasteiger partial charge is 0.482 e. The molecule has 0 fully saturated rings. The van der Waals surface area contributed by atoms with E-state index in [1.54, 1.807) is 12.1 Å². The summed E-state index contributed by atoms with van der Waals surface area (Å²) in [6.07, 6.45) is 0. The lowest BCUT2D eigenvalue weighted by Gasteiger charge is -2.18. The molecule has 7 heteroatoms. The number of hydrogen-bond acceptors (Lipinski definition) is 4. The van der Waals surface area contributed by atoms with Gasteiger partial charge in [0.05, 0.1) is 12.2 Å². The number of benzene rings is 1. The summed E-state index contributed by atoms with van der Waals surface area (Å²) in [6.45, 7) is -0.303. The first-order chi connectivity index (χ1) is 8.20. The quantitative estimate of drug-likeness (QED) is 0.369. The Hall–Kier alpha value is -2.53. The van der Waals surface area contributed by atoms with Gasteiger partial charge in [0.15, 0.2) is 12.4 Å². The molecule has 0 unspecified atom stereocenters. The molecule has 7 nitrogen and oxygen atoms in total. The summed E-state index contributed by atoms with van der Waals surface area (Å²) in [7, 11) is 0. The van der Waals surface area contributed by atoms with Crippen molar-refractivity contribution >= 4 is 17.4 Å². The summed E-state index contributed by atoms with van der Waals surface area (Å²) in [6, 6.07) is 4.64. The molecule has 0 saturated carbocycles. The maximum Gasteiger partial charge on any atom is 0.262 e. The van der Waals surface area contributed by atoms with Crippen LogP contribution in [0.3, 0.4) is 0 Å². The van der Waals surface area contributed by atoms with Gasteiger partial charge in [-0.2, -0.15) is 0 Å². The zero-order valence-corrected chi connectivity index (χ0v) is 8.71. The van der Waals surface area contributed by atoms with Crippen LogP contribution in [0.5, 0.6) is 5.75 Å². The molecule has 0 aromatic heterocycles. The molecule has 17 heavy (non-hydrogen) atoms. The number of carbonyl (C=O) groups is 2. The number of hydrogen-bond donors (Lipinski definition) is 1. The van der Waals surface area contributed by atoms with E-state index >= 15 is 0 Å². The van der Waals surface area contributed by atoms with Crippen molar-refractivity contribution in [3.05, 3.63) is 34.2 Å². The normalized spacial score (nSPS) is 12.8. The van der Waals surface area contributed by atoms with Crippen molar-refractivity contribution in [2.45, 2.75) is 0 Å². The lowest BCUT2D eigenvalue weighted by atomic mass is 10.1. The number of carbonyl (C=O) groups excluding carboxylic acids is 2. The van der Waals surface area contributed by atoms with Gasteiger partial charge in [0.2, 0.25) is 0 Å². The average molecular weight is 232 g/mol. The number of anilines is 1. The van der Waals surface area contributed by atoms with Crippen LogP contribution in [-0.4, -0.2) is 24.8 Å². The smallest absolute Gasteiger partial charge is 0.262 e. The maximum atomic E-state index is 11.5. The lowest BCUT2D eigenvalue weighted by Crippen LogP contribution is -2.25. The van der Waals surface area contributed by atoms with E-state index in [1.165, 1.54) is 6.07 Å². The molecule has 86 valence electrons. The van der Waals surface area contributed by atoms with Crippen LogP contribution in [0.1, 0.15) is 10.4 Å². The minimum atomic E-state index is -0.300. The number of amides is 1. The van der Waals surface area contributed by atoms with Gasteiger partial charge >= 0.3 is 0 Å². The molecule has 1 aliphatic heterocycles. The Labute approximate surface area is 96.0 Å². The summed E-state index contributed by atoms with van der Waals surface area (Å²) in [4.78, 5) is 25.1. The summed E-state index contributed by atoms with van der Waals surface area (Å²) < 4.78 is 5.16. The third-order valence-corrected chi connectivity index (χ3v) is 2.21. The van der Waals surface area contributed by atoms with E-state index in [-0.39, 0.29) is 24.8 Å². The highest BCUT2D eigenvalue weighted by Gasteiger charge is 2.17. The standard InChI is InChI=1S/C10H8N4O3/c11-14-12-4-8(15)6-1-2-7-9(3-6)17-5-10(16)13-7/h1-3H,4-5H2,(H,13,16). The van der Waals surface area contributed by atoms with E-state index in [4.69, 9.17) is 10.3 Å². The number of Topliss-reactive ketones (excluding diaryl/α,β-unsaturated/α-hetero) is 1. The summed E-state index contributed by atoms with van der Waals surface area (Å²) in [5.74, 6) is -0.0897. The number of rotatable bonds is 3. The van der Waals surface area contributed by atoms with Crippen molar-refractivity contribution in [3.8, 4) is 5.75 Å². The number of nitrogens with one attached hydrogen (secondary N) is 1. The molecule has 0 bridgehead atoms. The van der Waals surface area contributed by atoms with E-state index in [1.807, 2.05) is 0 Å². The topological polar surface area (TPSA) is 104 Å². The zero-order chi connectivity index (χ0) is 12.3. The molecule has 0 radical (unpaired) electrons. The minimum Gasteiger partial charge on any atom is -0.482 e. The fourth-order valence-electron chi connectivity index (χ4n) is 1.44. The van der Waals surface area contributed by atoms with Gasteiger partial charge < -0.3 is 10.1 Å². The molecule has 0 saturated heterocycles. The van der Waals surface area contributed by atoms with E-state index in [0.717, 1.165) is 0 Å². The third kappa shape index (κ3) is 2.35. The number of nitrogens with zero attached hydrogens (tertiary/aromatic N) is 3. The second-order valence-corrected chi connectivity index (χ2v) is 3.36. The van der Waals surface area contributed by atoms with Crippen molar-refractivity contribution in [1.82, 2.24) is 0 Å². The van der Waals surface area contributed by atoms with E-state index in [2.05, 4.69) is 15.3 Å². The number of fused-ring (bicyclic) bond motifs is 1. The SMILES string of the molecule is [N-]=[N+]=NCC(=O)c1ccc2c(c1)OCC(=O)N2. The predicted octanol–water partition coefficient (Wildman–Crippen LogP) is 1.51. The summed E-state index contributed by atoms with van der Waals surface area (Å²) >= 11 is 0. The summed E-state index contributed by atoms with van der Waals surface area (Å²) in [5, 5.41) is 5.80. The first-order valence-corrected chi connectivity index (χ1v) is 4.81. The second kappa shape index (κ2) is 4.54. The molecule has 1 N–H and O–H groups in total. The molecule has 1 aliphatic rings. The van der Waals surface area contributed by atoms with E-state index < -0.39 is 0 Å². The van der Waals surface area contributed by atoms with Crippen molar-refractivity contribution in [2.24, 2.45) is 5.11 Å². The Morgan fingerprint density at radius 1 is 1.59 bits per heavy atom. The van der Waals surface area contributed by atoms with Crippen molar-refractivity contribution < 1.29 is 14.3 Å². The Kier molecular flexibility index (Phi) is 2.93. The number of ether oxygens (including phenoxy) is 1. The fraction of sp³-hybridized carbons (Fsp3) is 0.200. The van der Waals surface area contributed by atoms with Gasteiger partial charge in [0.1, 0.15) is 5.75 Å². The number of ketones is 1. The highest BCUT2D eigenvalue weighted by atomic mass is 16.5. The maximum absolute atomic E-state index is 11.5. The Bertz CT molecular complexity index is 534. The molecular formula is C10H8N4O3. The molecule has 1 amide bonds. The first-order valence-electron chi connectivity index (χ1n) is 4.81. The zero-order valence-electron chi connectivity index (χ0n) is 8.71. The molecular weight excluding hydrogens is 224 g/mol. The highest BCUT2D eigenvalue weighted by molar-refractivity contribution is 6.00. The molecule has 2 rings (SSSR count). The van der Waals surface area contributed by atoms with Gasteiger partial charge in [0, 0.05) is 10.5 Å². The van der Waals surface area contributed by atoms with Gasteiger partial charge in [-0.05, 0) is 23.7 Å². The number of azide groups is 1. The minimum absolute atomic E-state index is 0.0685. The van der Waals surface area contributed by atoms with Gasteiger partial charge in [-0.3, -0.25) is 9.59 Å². The van der Waals surface area contributed by atoms with Crippen LogP contribution >= 0.6 is 0 Å². The molecule has 1 aromatic rings. The average Bonchev–Trinajstić information content (AvgIpc) is 2.35. The summed E-state index contributed by atoms with van der Waals surface area (Å²) in [5.41, 5.74) is 9.03. The Balaban J connectivity index is 2.24. The predicted molar refractivity (Wildman–Crippen MR) is 58.9 cm³/mol. The molecule has 1 aromatic carbocycles. The fourth-order valence-corrected chi connectivity index (χ4v) is 1.44. The van der Waals surface area contributed by atoms with Gasteiger partial charge in [0.25, 0.3) is 5.91 Å². The van der Waals surface area contributed by atoms with Crippen molar-refractivity contribution in [1.29, 1.82) is 0 Å². The first kappa shape index (κ1) is 11.0. The van der Waals surface area contributed by atoms with Crippen molar-refractivity contribution in [3.63, 3.8) is 0 Å². The van der Waals surface area contributed by atoms with Crippen LogP contribution in [0, 0.1) is 0 Å². The lowest BCUT2D eigenvalue weighted by molar-refractivity contribution is -0.118. The van der Waals surface area contributed by atoms with Crippen LogP contribution < -0.4 is 10.1 Å². The van der Waals surface area contributed by atoms with Crippen molar-refractivity contribution in [2.75, 3.05) is 18.5 Å². The van der Waals surface area contributed by atoms with E-state index in [9.17, 15) is 9.59 Å². The van der Waals surface area contributed by atoms with Crippen LogP contribution in [0.25, 0.3) is 10.4 Å². The second-order valence-electron chi connectivity index (χ2n) is 3.36. The van der Waals surface area contributed by atoms with Crippen LogP contribution in [0.2, 0.25) is 0 Å². The van der Waals surface area contributed by atoms with Crippen LogP contribution in [0.4, 0.5) is 5.69 Å². The van der Waals surface area contributed by atoms with Crippen LogP contribution in [-0.2, 0) is 4.79 Å². The molecule has 0 atom stereocenters. The van der Waals surface area contributed by atoms with Gasteiger partial charge in [-0.25, -0.2) is 0 Å². The monoisotopic (exact) mass is 232 g/mol. The van der Waals surface area contributed by atoms with Gasteiger partial charge in [-0.1, -0.05) is 5.11 Å². The highest BCUT2D eigenvalue weighted by Crippen LogP contribution is 2.28. The van der Waals surface area contributed by atoms with E-state index in [0.29, 0.717) is 17.0 Å². The Morgan fingerprint density at radius 2 is 2.41 bits per heavy atom.